The van der Waals surface area contributed by atoms with Gasteiger partial charge < -0.3 is 19.9 Å². The zero-order valence-electron chi connectivity index (χ0n) is 17.4. The second-order valence-electron chi connectivity index (χ2n) is 9.47. The van der Waals surface area contributed by atoms with Crippen molar-refractivity contribution in [1.29, 1.82) is 0 Å². The summed E-state index contributed by atoms with van der Waals surface area (Å²) < 4.78 is 5.49. The number of likely N-dealkylation sites (tertiary alicyclic amines) is 1. The third kappa shape index (κ3) is 3.03. The quantitative estimate of drug-likeness (QED) is 0.823. The highest BCUT2D eigenvalue weighted by molar-refractivity contribution is 6.06. The molecule has 4 heterocycles. The topological polar surface area (TPSA) is 61.9 Å². The van der Waals surface area contributed by atoms with Crippen molar-refractivity contribution >= 4 is 17.7 Å². The number of nitrogens with zero attached hydrogens (tertiary/aromatic N) is 2. The van der Waals surface area contributed by atoms with Crippen LogP contribution in [0.1, 0.15) is 59.4 Å². The van der Waals surface area contributed by atoms with E-state index < -0.39 is 0 Å². The summed E-state index contributed by atoms with van der Waals surface area (Å²) in [5.74, 6) is 0.171. The van der Waals surface area contributed by atoms with E-state index in [9.17, 15) is 9.59 Å². The van der Waals surface area contributed by atoms with Gasteiger partial charge in [-0.25, -0.2) is 4.79 Å². The Morgan fingerprint density at radius 2 is 1.79 bits per heavy atom. The van der Waals surface area contributed by atoms with Gasteiger partial charge in [0.05, 0.1) is 11.5 Å². The minimum absolute atomic E-state index is 0. The second kappa shape index (κ2) is 7.01. The lowest BCUT2D eigenvalue weighted by Crippen LogP contribution is -2.56. The van der Waals surface area contributed by atoms with E-state index in [2.05, 4.69) is 16.3 Å². The van der Waals surface area contributed by atoms with Crippen LogP contribution in [0.3, 0.4) is 0 Å². The third-order valence-corrected chi connectivity index (χ3v) is 7.55. The van der Waals surface area contributed by atoms with Crippen molar-refractivity contribution in [2.75, 3.05) is 18.4 Å². The first kappa shape index (κ1) is 18.9. The fraction of sp³-hybridized carbons (Fsp3) is 0.652. The maximum absolute atomic E-state index is 12.8. The van der Waals surface area contributed by atoms with E-state index in [1.54, 1.807) is 0 Å². The summed E-state index contributed by atoms with van der Waals surface area (Å²) in [6, 6.07) is 9.26. The molecule has 4 aliphatic heterocycles. The first-order valence-electron chi connectivity index (χ1n) is 11.1. The van der Waals surface area contributed by atoms with Gasteiger partial charge in [0.2, 0.25) is 5.91 Å². The minimum Gasteiger partial charge on any atom is -0.447 e. The molecule has 2 atom stereocenters. The fourth-order valence-electron chi connectivity index (χ4n) is 6.15. The lowest BCUT2D eigenvalue weighted by Gasteiger charge is -2.46. The number of benzene rings is 1. The molecule has 1 aromatic rings. The van der Waals surface area contributed by atoms with Gasteiger partial charge in [-0.3, -0.25) is 4.79 Å². The van der Waals surface area contributed by atoms with E-state index in [1.807, 2.05) is 36.9 Å². The molecule has 5 rings (SSSR count). The number of amides is 2. The zero-order chi connectivity index (χ0) is 20.2. The van der Waals surface area contributed by atoms with Crippen LogP contribution >= 0.6 is 0 Å². The molecule has 158 valence electrons. The van der Waals surface area contributed by atoms with Crippen LogP contribution in [0.25, 0.3) is 0 Å². The summed E-state index contributed by atoms with van der Waals surface area (Å²) in [4.78, 5) is 29.9. The molecule has 1 N–H and O–H groups in total. The van der Waals surface area contributed by atoms with Crippen LogP contribution in [0.4, 0.5) is 10.5 Å². The van der Waals surface area contributed by atoms with Crippen LogP contribution in [0.2, 0.25) is 0 Å². The predicted molar refractivity (Wildman–Crippen MR) is 113 cm³/mol. The molecule has 0 radical (unpaired) electrons. The monoisotopic (exact) mass is 399 g/mol. The number of piperidine rings is 2. The van der Waals surface area contributed by atoms with Gasteiger partial charge in [-0.1, -0.05) is 18.2 Å². The zero-order valence-corrected chi connectivity index (χ0v) is 17.4. The average molecular weight is 400 g/mol. The van der Waals surface area contributed by atoms with Crippen molar-refractivity contribution in [3.63, 3.8) is 0 Å². The first-order valence-corrected chi connectivity index (χ1v) is 11.1. The number of carbonyl (C=O) groups is 2. The van der Waals surface area contributed by atoms with Gasteiger partial charge in [0.15, 0.2) is 0 Å². The summed E-state index contributed by atoms with van der Waals surface area (Å²) in [5, 5.41) is 3.09. The highest BCUT2D eigenvalue weighted by Crippen LogP contribution is 2.46. The Balaban J connectivity index is 0.00000218. The third-order valence-electron chi connectivity index (χ3n) is 7.55. The maximum Gasteiger partial charge on any atom is 0.410 e. The van der Waals surface area contributed by atoms with E-state index in [-0.39, 0.29) is 24.9 Å². The van der Waals surface area contributed by atoms with Gasteiger partial charge in [0.25, 0.3) is 0 Å². The van der Waals surface area contributed by atoms with E-state index in [1.165, 1.54) is 5.56 Å². The number of rotatable bonds is 2. The molecule has 6 nitrogen and oxygen atoms in total. The summed E-state index contributed by atoms with van der Waals surface area (Å²) in [6.07, 6.45) is 5.77. The number of hydrogen-bond donors (Lipinski definition) is 1. The van der Waals surface area contributed by atoms with Crippen LogP contribution in [0.5, 0.6) is 0 Å². The average Bonchev–Trinajstić information content (AvgIpc) is 3.12. The second-order valence-corrected chi connectivity index (χ2v) is 9.47. The smallest absolute Gasteiger partial charge is 0.410 e. The molecule has 29 heavy (non-hydrogen) atoms. The van der Waals surface area contributed by atoms with Crippen LogP contribution in [-0.4, -0.2) is 59.1 Å². The molecule has 3 fully saturated rings. The van der Waals surface area contributed by atoms with Crippen LogP contribution in [-0.2, 0) is 14.9 Å². The van der Waals surface area contributed by atoms with Gasteiger partial charge >= 0.3 is 6.09 Å². The van der Waals surface area contributed by atoms with Gasteiger partial charge in [-0.15, -0.1) is 0 Å². The molecule has 2 amide bonds. The summed E-state index contributed by atoms with van der Waals surface area (Å²) in [6.45, 7) is 5.71. The number of fused-ring (bicyclic) bond motifs is 4. The largest absolute Gasteiger partial charge is 0.447 e. The SMILES string of the molecule is CC(C)OC(=O)N1C2CCC1CC(N1CCC3(CC1)C(=O)Nc1ccccc13)C2.[HH]. The normalized spacial score (nSPS) is 30.5. The van der Waals surface area contributed by atoms with Crippen molar-refractivity contribution < 1.29 is 15.8 Å². The van der Waals surface area contributed by atoms with Crippen molar-refractivity contribution in [3.05, 3.63) is 29.8 Å². The first-order chi connectivity index (χ1) is 14.0. The minimum atomic E-state index is -0.353. The maximum atomic E-state index is 12.8. The number of para-hydroxylation sites is 1. The van der Waals surface area contributed by atoms with Crippen LogP contribution in [0.15, 0.2) is 24.3 Å². The molecule has 1 spiro atoms. The Kier molecular flexibility index (Phi) is 4.57. The Morgan fingerprint density at radius 1 is 1.14 bits per heavy atom. The number of hydrogen-bond acceptors (Lipinski definition) is 4. The molecule has 1 aromatic carbocycles. The van der Waals surface area contributed by atoms with E-state index in [4.69, 9.17) is 4.74 Å². The fourth-order valence-corrected chi connectivity index (χ4v) is 6.15. The highest BCUT2D eigenvalue weighted by Gasteiger charge is 2.51. The van der Waals surface area contributed by atoms with Crippen LogP contribution in [0, 0.1) is 0 Å². The Labute approximate surface area is 174 Å². The van der Waals surface area contributed by atoms with E-state index in [0.29, 0.717) is 18.1 Å². The number of nitrogens with one attached hydrogen (secondary N) is 1. The molecule has 0 aliphatic carbocycles. The van der Waals surface area contributed by atoms with Gasteiger partial charge in [0, 0.05) is 25.2 Å². The van der Waals surface area contributed by atoms with Gasteiger partial charge in [0.1, 0.15) is 0 Å². The van der Waals surface area contributed by atoms with Gasteiger partial charge in [-0.05, 0) is 77.1 Å². The molecule has 4 aliphatic rings. The van der Waals surface area contributed by atoms with Gasteiger partial charge in [-0.2, -0.15) is 0 Å². The molecule has 6 heteroatoms. The molecule has 2 bridgehead atoms. The van der Waals surface area contributed by atoms with Crippen molar-refractivity contribution in [3.8, 4) is 0 Å². The van der Waals surface area contributed by atoms with E-state index >= 15 is 0 Å². The standard InChI is InChI=1S/C23H31N3O3.H2/c1-15(2)29-22(28)26-16-7-8-17(26)14-18(13-16)25-11-9-23(10-12-25)19-5-3-4-6-20(19)24-21(23)27;/h3-6,15-18H,7-14H2,1-2H3,(H,24,27);1H. The van der Waals surface area contributed by atoms with Crippen molar-refractivity contribution in [2.45, 2.75) is 82.0 Å². The molecule has 0 saturated carbocycles. The van der Waals surface area contributed by atoms with Crippen molar-refractivity contribution in [2.24, 2.45) is 0 Å². The molecular weight excluding hydrogens is 366 g/mol. The Hall–Kier alpha value is -2.08. The number of ether oxygens (including phenoxy) is 1. The van der Waals surface area contributed by atoms with Crippen LogP contribution < -0.4 is 5.32 Å². The Morgan fingerprint density at radius 3 is 2.45 bits per heavy atom. The Bertz CT molecular complexity index is 808. The lowest BCUT2D eigenvalue weighted by atomic mass is 9.73. The molecular formula is C23H33N3O3. The highest BCUT2D eigenvalue weighted by atomic mass is 16.6. The number of anilines is 1. The van der Waals surface area contributed by atoms with E-state index in [0.717, 1.165) is 57.3 Å². The summed E-state index contributed by atoms with van der Waals surface area (Å²) in [5.41, 5.74) is 1.81. The molecule has 3 saturated heterocycles. The summed E-state index contributed by atoms with van der Waals surface area (Å²) >= 11 is 0. The molecule has 0 aromatic heterocycles. The van der Waals surface area contributed by atoms with Crippen molar-refractivity contribution in [1.82, 2.24) is 9.80 Å². The number of carbonyl (C=O) groups excluding carboxylic acids is 2. The predicted octanol–water partition coefficient (Wildman–Crippen LogP) is 3.76. The molecule has 2 unspecified atom stereocenters. The summed E-state index contributed by atoms with van der Waals surface area (Å²) in [7, 11) is 0. The lowest BCUT2D eigenvalue weighted by molar-refractivity contribution is -0.123.